The van der Waals surface area contributed by atoms with Crippen LogP contribution in [0.5, 0.6) is 17.2 Å². The van der Waals surface area contributed by atoms with Crippen LogP contribution in [0.2, 0.25) is 0 Å². The second kappa shape index (κ2) is 15.2. The highest BCUT2D eigenvalue weighted by Crippen LogP contribution is 2.48. The Hall–Kier alpha value is -5.85. The summed E-state index contributed by atoms with van der Waals surface area (Å²) in [7, 11) is 4.86. The van der Waals surface area contributed by atoms with E-state index < -0.39 is 16.9 Å². The molecule has 1 N–H and O–H groups in total. The third-order valence-electron chi connectivity index (χ3n) is 9.13. The van der Waals surface area contributed by atoms with Crippen LogP contribution in [0.1, 0.15) is 34.4 Å². The van der Waals surface area contributed by atoms with Crippen LogP contribution in [0, 0.1) is 0 Å². The number of thioether (sulfide) groups is 1. The van der Waals surface area contributed by atoms with E-state index in [1.807, 2.05) is 91.0 Å². The lowest BCUT2D eigenvalue weighted by Gasteiger charge is -2.39. The van der Waals surface area contributed by atoms with Gasteiger partial charge in [-0.25, -0.2) is 4.79 Å². The summed E-state index contributed by atoms with van der Waals surface area (Å²) in [6, 6.07) is 32.9. The predicted octanol–water partition coefficient (Wildman–Crippen LogP) is 6.48. The van der Waals surface area contributed by atoms with E-state index in [0.717, 1.165) is 33.8 Å². The fraction of sp³-hybridized carbons (Fsp3) is 0.200. The lowest BCUT2D eigenvalue weighted by Crippen LogP contribution is -2.52. The number of β-lactam (4-membered cyclic amide) rings is 1. The van der Waals surface area contributed by atoms with Gasteiger partial charge in [-0.15, -0.1) is 16.9 Å². The average molecular weight is 717 g/mol. The molecule has 0 aliphatic carbocycles. The summed E-state index contributed by atoms with van der Waals surface area (Å²) in [5.41, 5.74) is 4.41. The molecular weight excluding hydrogens is 681 g/mol. The van der Waals surface area contributed by atoms with Crippen LogP contribution in [0.15, 0.2) is 126 Å². The van der Waals surface area contributed by atoms with Crippen molar-refractivity contribution in [2.75, 3.05) is 27.9 Å². The number of nitrogens with one attached hydrogen (secondary N) is 1. The number of hydrogen-bond acceptors (Lipinski definition) is 10. The third kappa shape index (κ3) is 6.54. The number of ether oxygens (including phenoxy) is 5. The molecule has 1 atom stereocenters. The van der Waals surface area contributed by atoms with E-state index in [4.69, 9.17) is 23.7 Å². The number of amides is 1. The molecule has 0 spiro atoms. The smallest absolute Gasteiger partial charge is 0.355 e. The molecule has 7 rings (SSSR count). The molecule has 1 amide bonds. The minimum atomic E-state index is -1.04. The minimum absolute atomic E-state index is 0.0628. The Labute approximate surface area is 305 Å². The van der Waals surface area contributed by atoms with Gasteiger partial charge in [-0.2, -0.15) is 0 Å². The summed E-state index contributed by atoms with van der Waals surface area (Å²) < 4.78 is 28.8. The summed E-state index contributed by atoms with van der Waals surface area (Å²) >= 11 is 1.37. The Bertz CT molecular complexity index is 2040. The van der Waals surface area contributed by atoms with Crippen molar-refractivity contribution in [2.45, 2.75) is 24.0 Å². The number of carbonyl (C=O) groups excluding carboxylic acids is 2. The Kier molecular flexibility index (Phi) is 10.1. The van der Waals surface area contributed by atoms with Gasteiger partial charge in [0.1, 0.15) is 46.2 Å². The van der Waals surface area contributed by atoms with Crippen molar-refractivity contribution in [1.82, 2.24) is 20.3 Å². The Morgan fingerprint density at radius 3 is 1.94 bits per heavy atom. The van der Waals surface area contributed by atoms with Crippen LogP contribution < -0.4 is 14.2 Å². The van der Waals surface area contributed by atoms with Crippen LogP contribution >= 0.6 is 11.8 Å². The molecule has 0 unspecified atom stereocenters. The topological polar surface area (TPSA) is 125 Å². The van der Waals surface area contributed by atoms with Crippen molar-refractivity contribution in [3.05, 3.63) is 154 Å². The van der Waals surface area contributed by atoms with E-state index in [0.29, 0.717) is 29.0 Å². The molecule has 2 aliphatic rings. The average Bonchev–Trinajstić information content (AvgIpc) is 3.88. The molecule has 0 radical (unpaired) electrons. The lowest BCUT2D eigenvalue weighted by atomic mass is 9.80. The van der Waals surface area contributed by atoms with Crippen LogP contribution in [-0.4, -0.2) is 65.5 Å². The maximum Gasteiger partial charge on any atom is 0.355 e. The number of H-pyrrole nitrogens is 1. The van der Waals surface area contributed by atoms with Crippen LogP contribution in [0.4, 0.5) is 0 Å². The number of rotatable bonds is 14. The molecule has 12 heteroatoms. The number of hydrogen-bond donors (Lipinski definition) is 1. The van der Waals surface area contributed by atoms with E-state index >= 15 is 0 Å². The number of methoxy groups -OCH3 is 3. The molecule has 0 saturated carbocycles. The number of nitrogens with zero attached hydrogens (tertiary/aromatic N) is 3. The zero-order chi connectivity index (χ0) is 36.1. The molecule has 5 aromatic rings. The number of aromatic amines is 1. The van der Waals surface area contributed by atoms with Gasteiger partial charge in [0.15, 0.2) is 0 Å². The normalized spacial score (nSPS) is 16.1. The molecule has 52 heavy (non-hydrogen) atoms. The number of carbonyl (C=O) groups is 2. The Balaban J connectivity index is 1.17. The highest BCUT2D eigenvalue weighted by atomic mass is 32.2. The van der Waals surface area contributed by atoms with E-state index in [9.17, 15) is 9.59 Å². The van der Waals surface area contributed by atoms with Gasteiger partial charge in [0.05, 0.1) is 33.5 Å². The van der Waals surface area contributed by atoms with Gasteiger partial charge in [-0.05, 0) is 70.6 Å². The molecule has 1 saturated heterocycles. The van der Waals surface area contributed by atoms with Gasteiger partial charge in [0.2, 0.25) is 0 Å². The van der Waals surface area contributed by atoms with E-state index in [-0.39, 0.29) is 24.8 Å². The van der Waals surface area contributed by atoms with Gasteiger partial charge in [-0.1, -0.05) is 71.9 Å². The van der Waals surface area contributed by atoms with Crippen LogP contribution in [0.25, 0.3) is 5.57 Å². The van der Waals surface area contributed by atoms with Gasteiger partial charge in [0, 0.05) is 11.6 Å². The van der Waals surface area contributed by atoms with Crippen molar-refractivity contribution >= 4 is 29.2 Å². The first-order valence-corrected chi connectivity index (χ1v) is 17.5. The van der Waals surface area contributed by atoms with Crippen molar-refractivity contribution in [1.29, 1.82) is 0 Å². The summed E-state index contributed by atoms with van der Waals surface area (Å²) in [6.45, 7) is 0.265. The molecular formula is C40H36N4O7S. The van der Waals surface area contributed by atoms with E-state index in [1.54, 1.807) is 45.1 Å². The molecule has 0 bridgehead atoms. The molecule has 264 valence electrons. The maximum atomic E-state index is 13.9. The quantitative estimate of drug-likeness (QED) is 0.0591. The van der Waals surface area contributed by atoms with Crippen molar-refractivity contribution in [2.24, 2.45) is 0 Å². The number of esters is 1. The fourth-order valence-electron chi connectivity index (χ4n) is 6.45. The first kappa shape index (κ1) is 34.6. The van der Waals surface area contributed by atoms with Crippen molar-refractivity contribution in [3.8, 4) is 17.2 Å². The Morgan fingerprint density at radius 2 is 1.38 bits per heavy atom. The van der Waals surface area contributed by atoms with Gasteiger partial charge >= 0.3 is 5.97 Å². The molecule has 11 nitrogen and oxygen atoms in total. The van der Waals surface area contributed by atoms with Crippen molar-refractivity contribution < 1.29 is 33.3 Å². The molecule has 3 heterocycles. The largest absolute Gasteiger partial charge is 0.497 e. The monoisotopic (exact) mass is 716 g/mol. The summed E-state index contributed by atoms with van der Waals surface area (Å²) in [5, 5.41) is 12.3. The maximum absolute atomic E-state index is 13.9. The van der Waals surface area contributed by atoms with Crippen LogP contribution in [0.3, 0.4) is 0 Å². The minimum Gasteiger partial charge on any atom is -0.497 e. The summed E-state index contributed by atoms with van der Waals surface area (Å²) in [4.78, 5) is 28.5. The first-order chi connectivity index (χ1) is 25.5. The third-order valence-corrected chi connectivity index (χ3v) is 10.2. The summed E-state index contributed by atoms with van der Waals surface area (Å²) in [5.74, 6) is 1.28. The zero-order valence-electron chi connectivity index (χ0n) is 28.8. The second-order valence-electron chi connectivity index (χ2n) is 11.9. The molecule has 2 aliphatic heterocycles. The van der Waals surface area contributed by atoms with E-state index in [1.165, 1.54) is 16.7 Å². The van der Waals surface area contributed by atoms with Gasteiger partial charge in [-0.3, -0.25) is 14.8 Å². The fourth-order valence-corrected chi connectivity index (χ4v) is 7.63. The predicted molar refractivity (Wildman–Crippen MR) is 195 cm³/mol. The first-order valence-electron chi connectivity index (χ1n) is 16.5. The SMILES string of the molecule is COc1ccc(COC(=O)C2=CS[C@@H]3C(=C(CCOC(c4ccccc4)(c4ccc(OC)cc4)c4ccc(OC)cc4)c4c[nH]nn4)C(=O)N23)cc1. The number of aromatic nitrogens is 3. The zero-order valence-corrected chi connectivity index (χ0v) is 29.6. The van der Waals surface area contributed by atoms with E-state index in [2.05, 4.69) is 15.4 Å². The standard InChI is InChI=1S/C40H36N4O7S/c1-47-30-15-9-26(10-16-30)24-50-39(46)35-25-52-38-36(37(45)44(35)38)33(34-23-41-43-42-34)21-22-51-40(27-7-5-4-6-8-27,28-11-17-31(48-2)18-12-28)29-13-19-32(49-3)20-14-29/h4-20,23,25,38H,21-22,24H2,1-3H3,(H,41,42,43)/t38-/m1/s1. The van der Waals surface area contributed by atoms with Gasteiger partial charge < -0.3 is 23.7 Å². The molecule has 1 fully saturated rings. The lowest BCUT2D eigenvalue weighted by molar-refractivity contribution is -0.146. The van der Waals surface area contributed by atoms with Crippen molar-refractivity contribution in [3.63, 3.8) is 0 Å². The highest BCUT2D eigenvalue weighted by Gasteiger charge is 2.51. The second-order valence-corrected chi connectivity index (χ2v) is 12.9. The highest BCUT2D eigenvalue weighted by molar-refractivity contribution is 8.03. The number of fused-ring (bicyclic) bond motifs is 1. The summed E-state index contributed by atoms with van der Waals surface area (Å²) in [6.07, 6.45) is 1.99. The number of benzene rings is 4. The molecule has 4 aromatic carbocycles. The van der Waals surface area contributed by atoms with Crippen LogP contribution in [-0.2, 0) is 31.3 Å². The van der Waals surface area contributed by atoms with Gasteiger partial charge in [0.25, 0.3) is 5.91 Å². The molecule has 1 aromatic heterocycles. The Morgan fingerprint density at radius 1 is 0.808 bits per heavy atom.